The molecule has 1 aliphatic carbocycles. The maximum atomic E-state index is 6.19. The molecule has 1 unspecified atom stereocenters. The summed E-state index contributed by atoms with van der Waals surface area (Å²) in [5.74, 6) is 0.837. The Morgan fingerprint density at radius 2 is 2.24 bits per heavy atom. The Hall–Kier alpha value is -1.09. The Kier molecular flexibility index (Phi) is 3.02. The largest absolute Gasteiger partial charge is 0.489 e. The second-order valence-electron chi connectivity index (χ2n) is 5.17. The van der Waals surface area contributed by atoms with Crippen LogP contribution in [0.2, 0.25) is 0 Å². The van der Waals surface area contributed by atoms with Gasteiger partial charge in [-0.2, -0.15) is 0 Å². The number of nitrogens with zero attached hydrogens (tertiary/aromatic N) is 1. The van der Waals surface area contributed by atoms with Crippen molar-refractivity contribution in [2.24, 2.45) is 0 Å². The minimum absolute atomic E-state index is 0.211. The van der Waals surface area contributed by atoms with Gasteiger partial charge < -0.3 is 9.47 Å². The fourth-order valence-corrected chi connectivity index (χ4v) is 3.02. The molecule has 2 heterocycles. The topological polar surface area (TPSA) is 31.4 Å². The van der Waals surface area contributed by atoms with Gasteiger partial charge in [-0.3, -0.25) is 4.98 Å². The average molecular weight is 233 g/mol. The highest BCUT2D eigenvalue weighted by atomic mass is 16.6. The molecule has 92 valence electrons. The SMILES string of the molecule is c1cncc(OCC2CCC3(CCCC3)O2)c1. The third-order valence-electron chi connectivity index (χ3n) is 3.92. The molecule has 1 atom stereocenters. The summed E-state index contributed by atoms with van der Waals surface area (Å²) in [6.07, 6.45) is 11.3. The van der Waals surface area contributed by atoms with Gasteiger partial charge >= 0.3 is 0 Å². The molecule has 1 spiro atoms. The van der Waals surface area contributed by atoms with Crippen LogP contribution in [-0.2, 0) is 4.74 Å². The van der Waals surface area contributed by atoms with E-state index in [1.54, 1.807) is 12.4 Å². The van der Waals surface area contributed by atoms with E-state index in [2.05, 4.69) is 4.98 Å². The Bertz CT molecular complexity index is 360. The summed E-state index contributed by atoms with van der Waals surface area (Å²) < 4.78 is 11.9. The van der Waals surface area contributed by atoms with Crippen molar-refractivity contribution in [1.29, 1.82) is 0 Å². The van der Waals surface area contributed by atoms with Gasteiger partial charge in [-0.05, 0) is 37.8 Å². The molecule has 2 fully saturated rings. The summed E-state index contributed by atoms with van der Waals surface area (Å²) in [5, 5.41) is 0. The predicted octanol–water partition coefficient (Wildman–Crippen LogP) is 2.95. The molecule has 1 aromatic rings. The maximum Gasteiger partial charge on any atom is 0.137 e. The maximum absolute atomic E-state index is 6.19. The zero-order valence-corrected chi connectivity index (χ0v) is 10.1. The highest BCUT2D eigenvalue weighted by Crippen LogP contribution is 2.43. The van der Waals surface area contributed by atoms with Gasteiger partial charge in [-0.1, -0.05) is 12.8 Å². The van der Waals surface area contributed by atoms with Crippen LogP contribution in [0.1, 0.15) is 38.5 Å². The fourth-order valence-electron chi connectivity index (χ4n) is 3.02. The lowest BCUT2D eigenvalue weighted by molar-refractivity contribution is -0.0509. The Morgan fingerprint density at radius 1 is 1.35 bits per heavy atom. The molecule has 0 radical (unpaired) electrons. The van der Waals surface area contributed by atoms with Crippen molar-refractivity contribution in [1.82, 2.24) is 4.98 Å². The van der Waals surface area contributed by atoms with Crippen LogP contribution in [0.3, 0.4) is 0 Å². The molecule has 3 rings (SSSR count). The van der Waals surface area contributed by atoms with Gasteiger partial charge in [0.15, 0.2) is 0 Å². The summed E-state index contributed by atoms with van der Waals surface area (Å²) in [4.78, 5) is 4.04. The second-order valence-corrected chi connectivity index (χ2v) is 5.17. The quantitative estimate of drug-likeness (QED) is 0.804. The monoisotopic (exact) mass is 233 g/mol. The minimum Gasteiger partial charge on any atom is -0.489 e. The van der Waals surface area contributed by atoms with E-state index in [9.17, 15) is 0 Å². The van der Waals surface area contributed by atoms with Crippen molar-refractivity contribution in [2.75, 3.05) is 6.61 Å². The molecule has 1 saturated carbocycles. The molecule has 3 nitrogen and oxygen atoms in total. The molecule has 2 aliphatic rings. The number of hydrogen-bond donors (Lipinski definition) is 0. The highest BCUT2D eigenvalue weighted by molar-refractivity contribution is 5.15. The van der Waals surface area contributed by atoms with E-state index in [0.717, 1.165) is 12.2 Å². The van der Waals surface area contributed by atoms with Gasteiger partial charge in [0.25, 0.3) is 0 Å². The van der Waals surface area contributed by atoms with Crippen LogP contribution in [0.4, 0.5) is 0 Å². The van der Waals surface area contributed by atoms with Gasteiger partial charge in [0.05, 0.1) is 17.9 Å². The molecule has 0 amide bonds. The first kappa shape index (κ1) is 11.0. The second kappa shape index (κ2) is 4.65. The molecular formula is C14H19NO2. The van der Waals surface area contributed by atoms with Gasteiger partial charge in [-0.15, -0.1) is 0 Å². The average Bonchev–Trinajstić information content (AvgIpc) is 2.99. The van der Waals surface area contributed by atoms with Crippen molar-refractivity contribution in [3.63, 3.8) is 0 Å². The van der Waals surface area contributed by atoms with Crippen molar-refractivity contribution < 1.29 is 9.47 Å². The zero-order valence-electron chi connectivity index (χ0n) is 10.1. The van der Waals surface area contributed by atoms with Crippen molar-refractivity contribution >= 4 is 0 Å². The molecule has 0 aromatic carbocycles. The summed E-state index contributed by atoms with van der Waals surface area (Å²) in [6, 6.07) is 3.83. The Balaban J connectivity index is 1.51. The summed E-state index contributed by atoms with van der Waals surface area (Å²) in [5.41, 5.74) is 0.211. The van der Waals surface area contributed by atoms with Crippen LogP contribution in [0, 0.1) is 0 Å². The smallest absolute Gasteiger partial charge is 0.137 e. The molecular weight excluding hydrogens is 214 g/mol. The third-order valence-corrected chi connectivity index (χ3v) is 3.92. The normalized spacial score (nSPS) is 26.5. The van der Waals surface area contributed by atoms with E-state index >= 15 is 0 Å². The van der Waals surface area contributed by atoms with Crippen LogP contribution in [-0.4, -0.2) is 23.3 Å². The highest BCUT2D eigenvalue weighted by Gasteiger charge is 2.42. The fraction of sp³-hybridized carbons (Fsp3) is 0.643. The van der Waals surface area contributed by atoms with Crippen LogP contribution in [0.5, 0.6) is 5.75 Å². The summed E-state index contributed by atoms with van der Waals surface area (Å²) >= 11 is 0. The number of hydrogen-bond acceptors (Lipinski definition) is 3. The predicted molar refractivity (Wildman–Crippen MR) is 65.0 cm³/mol. The first-order valence-corrected chi connectivity index (χ1v) is 6.57. The van der Waals surface area contributed by atoms with E-state index in [4.69, 9.17) is 9.47 Å². The molecule has 0 bridgehead atoms. The van der Waals surface area contributed by atoms with E-state index in [1.807, 2.05) is 12.1 Å². The van der Waals surface area contributed by atoms with E-state index < -0.39 is 0 Å². The molecule has 0 N–H and O–H groups in total. The van der Waals surface area contributed by atoms with Crippen molar-refractivity contribution in [3.05, 3.63) is 24.5 Å². The first-order chi connectivity index (χ1) is 8.36. The molecule has 1 saturated heterocycles. The molecule has 1 aromatic heterocycles. The minimum atomic E-state index is 0.211. The van der Waals surface area contributed by atoms with Crippen LogP contribution in [0.15, 0.2) is 24.5 Å². The van der Waals surface area contributed by atoms with Crippen LogP contribution in [0.25, 0.3) is 0 Å². The first-order valence-electron chi connectivity index (χ1n) is 6.57. The van der Waals surface area contributed by atoms with Gasteiger partial charge in [0, 0.05) is 6.20 Å². The number of pyridine rings is 1. The zero-order chi connectivity index (χ0) is 11.6. The van der Waals surface area contributed by atoms with Gasteiger partial charge in [-0.25, -0.2) is 0 Å². The van der Waals surface area contributed by atoms with E-state index in [1.165, 1.54) is 32.1 Å². The Morgan fingerprint density at radius 3 is 3.00 bits per heavy atom. The van der Waals surface area contributed by atoms with E-state index in [0.29, 0.717) is 6.61 Å². The lowest BCUT2D eigenvalue weighted by Crippen LogP contribution is -2.27. The van der Waals surface area contributed by atoms with E-state index in [-0.39, 0.29) is 11.7 Å². The lowest BCUT2D eigenvalue weighted by Gasteiger charge is -2.23. The van der Waals surface area contributed by atoms with Gasteiger partial charge in [0.1, 0.15) is 12.4 Å². The summed E-state index contributed by atoms with van der Waals surface area (Å²) in [7, 11) is 0. The number of ether oxygens (including phenoxy) is 2. The van der Waals surface area contributed by atoms with Crippen molar-refractivity contribution in [2.45, 2.75) is 50.2 Å². The molecule has 1 aliphatic heterocycles. The number of aromatic nitrogens is 1. The van der Waals surface area contributed by atoms with Gasteiger partial charge in [0.2, 0.25) is 0 Å². The molecule has 3 heteroatoms. The Labute approximate surface area is 102 Å². The third kappa shape index (κ3) is 2.44. The van der Waals surface area contributed by atoms with Crippen LogP contribution < -0.4 is 4.74 Å². The lowest BCUT2D eigenvalue weighted by atomic mass is 9.98. The molecule has 17 heavy (non-hydrogen) atoms. The van der Waals surface area contributed by atoms with Crippen LogP contribution >= 0.6 is 0 Å². The number of rotatable bonds is 3. The summed E-state index contributed by atoms with van der Waals surface area (Å²) in [6.45, 7) is 0.660. The van der Waals surface area contributed by atoms with Crippen molar-refractivity contribution in [3.8, 4) is 5.75 Å². The standard InChI is InChI=1S/C14H19NO2/c1-2-7-14(6-1)8-5-13(17-14)11-16-12-4-3-9-15-10-12/h3-4,9-10,13H,1-2,5-8,11H2.